The minimum atomic E-state index is 0.512. The zero-order valence-electron chi connectivity index (χ0n) is 11.1. The molecule has 0 aromatic heterocycles. The van der Waals surface area contributed by atoms with Crippen molar-refractivity contribution >= 4 is 27.9 Å². The number of benzene rings is 2. The molecule has 0 amide bonds. The molecule has 0 aliphatic heterocycles. The van der Waals surface area contributed by atoms with E-state index in [0.29, 0.717) is 22.7 Å². The Morgan fingerprint density at radius 1 is 1.15 bits per heavy atom. The molecule has 0 saturated carbocycles. The van der Waals surface area contributed by atoms with Crippen LogP contribution in [0, 0.1) is 0 Å². The standard InChI is InChI=1S/C15H14BrNO3/c1-19-13-6-10(12(17)7-14(13)20-2)15-9(8-18)4-3-5-11(15)16/h3-8H,17H2,1-2H3. The van der Waals surface area contributed by atoms with Crippen molar-refractivity contribution in [1.82, 2.24) is 0 Å². The van der Waals surface area contributed by atoms with Crippen LogP contribution in [0.3, 0.4) is 0 Å². The summed E-state index contributed by atoms with van der Waals surface area (Å²) in [6.45, 7) is 0. The number of nitrogens with two attached hydrogens (primary N) is 1. The fourth-order valence-corrected chi connectivity index (χ4v) is 2.63. The summed E-state index contributed by atoms with van der Waals surface area (Å²) in [4.78, 5) is 11.2. The molecule has 0 fully saturated rings. The normalized spacial score (nSPS) is 10.2. The fourth-order valence-electron chi connectivity index (χ4n) is 2.03. The number of nitrogen functional groups attached to an aromatic ring is 1. The predicted octanol–water partition coefficient (Wildman–Crippen LogP) is 3.53. The molecule has 2 N–H and O–H groups in total. The van der Waals surface area contributed by atoms with E-state index in [9.17, 15) is 4.79 Å². The Labute approximate surface area is 125 Å². The van der Waals surface area contributed by atoms with Crippen molar-refractivity contribution in [3.05, 3.63) is 40.4 Å². The molecule has 4 nitrogen and oxygen atoms in total. The van der Waals surface area contributed by atoms with Crippen LogP contribution in [0.2, 0.25) is 0 Å². The maximum absolute atomic E-state index is 11.2. The highest BCUT2D eigenvalue weighted by atomic mass is 79.9. The van der Waals surface area contributed by atoms with Crippen molar-refractivity contribution < 1.29 is 14.3 Å². The second kappa shape index (κ2) is 5.96. The molecule has 20 heavy (non-hydrogen) atoms. The van der Waals surface area contributed by atoms with Gasteiger partial charge in [-0.1, -0.05) is 28.1 Å². The first-order chi connectivity index (χ1) is 9.62. The molecule has 2 aromatic rings. The van der Waals surface area contributed by atoms with Gasteiger partial charge >= 0.3 is 0 Å². The van der Waals surface area contributed by atoms with Crippen molar-refractivity contribution in [2.24, 2.45) is 0 Å². The van der Waals surface area contributed by atoms with Crippen molar-refractivity contribution in [1.29, 1.82) is 0 Å². The van der Waals surface area contributed by atoms with Crippen LogP contribution < -0.4 is 15.2 Å². The maximum Gasteiger partial charge on any atom is 0.162 e. The lowest BCUT2D eigenvalue weighted by Crippen LogP contribution is -1.98. The number of halogens is 1. The lowest BCUT2D eigenvalue weighted by molar-refractivity contribution is 0.112. The highest BCUT2D eigenvalue weighted by Crippen LogP contribution is 2.40. The van der Waals surface area contributed by atoms with E-state index in [4.69, 9.17) is 15.2 Å². The van der Waals surface area contributed by atoms with Gasteiger partial charge in [-0.3, -0.25) is 4.79 Å². The van der Waals surface area contributed by atoms with Gasteiger partial charge in [-0.05, 0) is 12.1 Å². The lowest BCUT2D eigenvalue weighted by atomic mass is 9.98. The molecule has 0 saturated heterocycles. The molecule has 0 spiro atoms. The number of rotatable bonds is 4. The third-order valence-corrected chi connectivity index (χ3v) is 3.66. The molecule has 0 heterocycles. The quantitative estimate of drug-likeness (QED) is 0.685. The van der Waals surface area contributed by atoms with Crippen LogP contribution in [-0.2, 0) is 0 Å². The van der Waals surface area contributed by atoms with E-state index in [0.717, 1.165) is 21.9 Å². The van der Waals surface area contributed by atoms with Gasteiger partial charge in [0.25, 0.3) is 0 Å². The number of hydrogen-bond donors (Lipinski definition) is 1. The number of carbonyl (C=O) groups excluding carboxylic acids is 1. The van der Waals surface area contributed by atoms with Gasteiger partial charge in [0.15, 0.2) is 17.8 Å². The number of methoxy groups -OCH3 is 2. The monoisotopic (exact) mass is 335 g/mol. The summed E-state index contributed by atoms with van der Waals surface area (Å²) in [6, 6.07) is 8.85. The third-order valence-electron chi connectivity index (χ3n) is 3.00. The van der Waals surface area contributed by atoms with E-state index in [1.807, 2.05) is 6.07 Å². The number of aldehydes is 1. The van der Waals surface area contributed by atoms with Crippen LogP contribution in [0.5, 0.6) is 11.5 Å². The number of ether oxygens (including phenoxy) is 2. The molecule has 0 unspecified atom stereocenters. The first-order valence-corrected chi connectivity index (χ1v) is 6.67. The van der Waals surface area contributed by atoms with Gasteiger partial charge in [-0.25, -0.2) is 0 Å². The number of anilines is 1. The Hall–Kier alpha value is -2.01. The van der Waals surface area contributed by atoms with Crippen molar-refractivity contribution in [3.63, 3.8) is 0 Å². The van der Waals surface area contributed by atoms with E-state index in [-0.39, 0.29) is 0 Å². The molecule has 0 aliphatic rings. The molecule has 0 bridgehead atoms. The summed E-state index contributed by atoms with van der Waals surface area (Å²) in [5.41, 5.74) is 8.60. The molecule has 2 aromatic carbocycles. The highest BCUT2D eigenvalue weighted by molar-refractivity contribution is 9.10. The molecule has 0 radical (unpaired) electrons. The Bertz CT molecular complexity index is 656. The largest absolute Gasteiger partial charge is 0.493 e. The fraction of sp³-hybridized carbons (Fsp3) is 0.133. The van der Waals surface area contributed by atoms with Gasteiger partial charge in [0.1, 0.15) is 0 Å². The van der Waals surface area contributed by atoms with Gasteiger partial charge in [0.2, 0.25) is 0 Å². The van der Waals surface area contributed by atoms with E-state index in [1.165, 1.54) is 0 Å². The van der Waals surface area contributed by atoms with Crippen LogP contribution in [-0.4, -0.2) is 20.5 Å². The molecule has 2 rings (SSSR count). The average molecular weight is 336 g/mol. The first kappa shape index (κ1) is 14.4. The SMILES string of the molecule is COc1cc(N)c(-c2c(Br)cccc2C=O)cc1OC. The van der Waals surface area contributed by atoms with Crippen molar-refractivity contribution in [2.75, 3.05) is 20.0 Å². The van der Waals surface area contributed by atoms with Gasteiger partial charge in [-0.2, -0.15) is 0 Å². The molecule has 5 heteroatoms. The maximum atomic E-state index is 11.2. The van der Waals surface area contributed by atoms with Crippen LogP contribution >= 0.6 is 15.9 Å². The Morgan fingerprint density at radius 2 is 1.80 bits per heavy atom. The predicted molar refractivity (Wildman–Crippen MR) is 82.5 cm³/mol. The summed E-state index contributed by atoms with van der Waals surface area (Å²) in [7, 11) is 3.10. The number of carbonyl (C=O) groups is 1. The lowest BCUT2D eigenvalue weighted by Gasteiger charge is -2.15. The smallest absolute Gasteiger partial charge is 0.162 e. The molecule has 0 aliphatic carbocycles. The molecular formula is C15H14BrNO3. The Kier molecular flexibility index (Phi) is 4.29. The van der Waals surface area contributed by atoms with E-state index in [2.05, 4.69) is 15.9 Å². The first-order valence-electron chi connectivity index (χ1n) is 5.88. The van der Waals surface area contributed by atoms with Crippen LogP contribution in [0.25, 0.3) is 11.1 Å². The van der Waals surface area contributed by atoms with Crippen LogP contribution in [0.4, 0.5) is 5.69 Å². The van der Waals surface area contributed by atoms with Crippen LogP contribution in [0.15, 0.2) is 34.8 Å². The van der Waals surface area contributed by atoms with Gasteiger partial charge in [0.05, 0.1) is 14.2 Å². The topological polar surface area (TPSA) is 61.5 Å². The zero-order chi connectivity index (χ0) is 14.7. The zero-order valence-corrected chi connectivity index (χ0v) is 12.7. The summed E-state index contributed by atoms with van der Waals surface area (Å²) in [5.74, 6) is 1.11. The summed E-state index contributed by atoms with van der Waals surface area (Å²) in [5, 5.41) is 0. The van der Waals surface area contributed by atoms with Crippen LogP contribution in [0.1, 0.15) is 10.4 Å². The average Bonchev–Trinajstić information content (AvgIpc) is 2.47. The number of hydrogen-bond acceptors (Lipinski definition) is 4. The van der Waals surface area contributed by atoms with Gasteiger partial charge < -0.3 is 15.2 Å². The molecular weight excluding hydrogens is 322 g/mol. The highest BCUT2D eigenvalue weighted by Gasteiger charge is 2.15. The summed E-state index contributed by atoms with van der Waals surface area (Å²) in [6.07, 6.45) is 0.802. The second-order valence-corrected chi connectivity index (χ2v) is 4.97. The molecule has 0 atom stereocenters. The van der Waals surface area contributed by atoms with E-state index in [1.54, 1.807) is 38.5 Å². The molecule has 104 valence electrons. The second-order valence-electron chi connectivity index (χ2n) is 4.12. The Morgan fingerprint density at radius 3 is 2.40 bits per heavy atom. The van der Waals surface area contributed by atoms with Gasteiger partial charge in [0, 0.05) is 32.9 Å². The third kappa shape index (κ3) is 2.49. The van der Waals surface area contributed by atoms with Crippen molar-refractivity contribution in [3.8, 4) is 22.6 Å². The van der Waals surface area contributed by atoms with E-state index >= 15 is 0 Å². The minimum Gasteiger partial charge on any atom is -0.493 e. The summed E-state index contributed by atoms with van der Waals surface area (Å²) >= 11 is 3.45. The Balaban J connectivity index is 2.73. The van der Waals surface area contributed by atoms with Gasteiger partial charge in [-0.15, -0.1) is 0 Å². The minimum absolute atomic E-state index is 0.512. The summed E-state index contributed by atoms with van der Waals surface area (Å²) < 4.78 is 11.3. The van der Waals surface area contributed by atoms with E-state index < -0.39 is 0 Å². The van der Waals surface area contributed by atoms with Crippen molar-refractivity contribution in [2.45, 2.75) is 0 Å².